The summed E-state index contributed by atoms with van der Waals surface area (Å²) >= 11 is 0. The van der Waals surface area contributed by atoms with E-state index in [1.54, 1.807) is 7.11 Å². The molecule has 0 bridgehead atoms. The lowest BCUT2D eigenvalue weighted by molar-refractivity contribution is -0.237. The van der Waals surface area contributed by atoms with Crippen LogP contribution in [-0.4, -0.2) is 19.5 Å². The van der Waals surface area contributed by atoms with Crippen molar-refractivity contribution in [3.05, 3.63) is 0 Å². The van der Waals surface area contributed by atoms with Crippen molar-refractivity contribution in [2.45, 2.75) is 46.5 Å². The van der Waals surface area contributed by atoms with Gasteiger partial charge in [0.1, 0.15) is 0 Å². The van der Waals surface area contributed by atoms with E-state index in [9.17, 15) is 0 Å². The lowest BCUT2D eigenvalue weighted by atomic mass is 9.78. The van der Waals surface area contributed by atoms with Gasteiger partial charge in [0, 0.05) is 13.0 Å². The maximum Gasteiger partial charge on any atom is 0.160 e. The van der Waals surface area contributed by atoms with E-state index in [0.717, 1.165) is 6.42 Å². The van der Waals surface area contributed by atoms with Crippen LogP contribution in [0.3, 0.4) is 0 Å². The van der Waals surface area contributed by atoms with Gasteiger partial charge in [-0.2, -0.15) is 0 Å². The molecule has 1 saturated heterocycles. The minimum absolute atomic E-state index is 0.00356. The highest BCUT2D eigenvalue weighted by Gasteiger charge is 2.38. The Hall–Kier alpha value is -0.0800. The van der Waals surface area contributed by atoms with Crippen molar-refractivity contribution in [3.8, 4) is 0 Å². The second-order valence-electron chi connectivity index (χ2n) is 4.26. The molecule has 0 aromatic rings. The molecule has 0 radical (unpaired) electrons. The average molecular weight is 186 g/mol. The number of hydrogen-bond donors (Lipinski definition) is 0. The first-order valence-electron chi connectivity index (χ1n) is 5.30. The molecule has 0 aromatic heterocycles. The fraction of sp³-hybridized carbons (Fsp3) is 1.00. The van der Waals surface area contributed by atoms with Gasteiger partial charge in [-0.1, -0.05) is 27.7 Å². The highest BCUT2D eigenvalue weighted by Crippen LogP contribution is 2.36. The molecular weight excluding hydrogens is 164 g/mol. The SMILES string of the molecule is CCC1O[C@H](OC)C(C)C(C)[C@@H]1C. The van der Waals surface area contributed by atoms with E-state index in [0.29, 0.717) is 23.9 Å². The molecule has 78 valence electrons. The molecule has 2 heteroatoms. The molecule has 0 spiro atoms. The van der Waals surface area contributed by atoms with Crippen LogP contribution in [0.15, 0.2) is 0 Å². The molecule has 3 unspecified atom stereocenters. The molecule has 0 aliphatic carbocycles. The summed E-state index contributed by atoms with van der Waals surface area (Å²) in [6.07, 6.45) is 1.45. The Morgan fingerprint density at radius 1 is 1.08 bits per heavy atom. The Morgan fingerprint density at radius 3 is 2.15 bits per heavy atom. The van der Waals surface area contributed by atoms with Gasteiger partial charge < -0.3 is 9.47 Å². The Morgan fingerprint density at radius 2 is 1.69 bits per heavy atom. The molecule has 1 rings (SSSR count). The predicted octanol–water partition coefficient (Wildman–Crippen LogP) is 2.68. The first-order valence-corrected chi connectivity index (χ1v) is 5.30. The average Bonchev–Trinajstić information content (AvgIpc) is 2.15. The molecule has 1 aliphatic heterocycles. The van der Waals surface area contributed by atoms with Gasteiger partial charge in [0.2, 0.25) is 0 Å². The molecule has 0 amide bonds. The molecule has 5 atom stereocenters. The Bertz CT molecular complexity index is 138. The van der Waals surface area contributed by atoms with Crippen molar-refractivity contribution < 1.29 is 9.47 Å². The third-order valence-electron chi connectivity index (χ3n) is 3.62. The second kappa shape index (κ2) is 4.43. The van der Waals surface area contributed by atoms with Crippen LogP contribution in [-0.2, 0) is 9.47 Å². The lowest BCUT2D eigenvalue weighted by Gasteiger charge is -2.42. The van der Waals surface area contributed by atoms with Crippen molar-refractivity contribution in [2.75, 3.05) is 7.11 Å². The largest absolute Gasteiger partial charge is 0.356 e. The Labute approximate surface area is 81.6 Å². The van der Waals surface area contributed by atoms with Gasteiger partial charge >= 0.3 is 0 Å². The molecule has 1 aliphatic rings. The van der Waals surface area contributed by atoms with Gasteiger partial charge in [-0.05, 0) is 18.3 Å². The standard InChI is InChI=1S/C11H22O2/c1-6-10-8(3)7(2)9(4)11(12-5)13-10/h7-11H,6H2,1-5H3/t7?,8-,9?,10?,11-/m0/s1. The quantitative estimate of drug-likeness (QED) is 0.660. The molecule has 13 heavy (non-hydrogen) atoms. The van der Waals surface area contributed by atoms with E-state index in [2.05, 4.69) is 27.7 Å². The normalized spacial score (nSPS) is 46.4. The minimum atomic E-state index is -0.00356. The minimum Gasteiger partial charge on any atom is -0.356 e. The smallest absolute Gasteiger partial charge is 0.160 e. The predicted molar refractivity (Wildman–Crippen MR) is 53.5 cm³/mol. The third-order valence-corrected chi connectivity index (χ3v) is 3.62. The molecule has 0 saturated carbocycles. The molecule has 0 N–H and O–H groups in total. The lowest BCUT2D eigenvalue weighted by Crippen LogP contribution is -2.45. The van der Waals surface area contributed by atoms with Gasteiger partial charge in [0.15, 0.2) is 6.29 Å². The maximum absolute atomic E-state index is 5.86. The van der Waals surface area contributed by atoms with Crippen LogP contribution < -0.4 is 0 Å². The molecule has 2 nitrogen and oxygen atoms in total. The maximum atomic E-state index is 5.86. The monoisotopic (exact) mass is 186 g/mol. The number of hydrogen-bond acceptors (Lipinski definition) is 2. The van der Waals surface area contributed by atoms with Crippen LogP contribution in [0.2, 0.25) is 0 Å². The summed E-state index contributed by atoms with van der Waals surface area (Å²) < 4.78 is 11.2. The molecule has 1 fully saturated rings. The topological polar surface area (TPSA) is 18.5 Å². The summed E-state index contributed by atoms with van der Waals surface area (Å²) in [6, 6.07) is 0. The van der Waals surface area contributed by atoms with E-state index in [1.165, 1.54) is 0 Å². The van der Waals surface area contributed by atoms with E-state index in [4.69, 9.17) is 9.47 Å². The zero-order valence-electron chi connectivity index (χ0n) is 9.41. The van der Waals surface area contributed by atoms with Crippen LogP contribution >= 0.6 is 0 Å². The van der Waals surface area contributed by atoms with Gasteiger partial charge in [-0.15, -0.1) is 0 Å². The van der Waals surface area contributed by atoms with Crippen LogP contribution in [0.4, 0.5) is 0 Å². The van der Waals surface area contributed by atoms with Crippen LogP contribution in [0.25, 0.3) is 0 Å². The van der Waals surface area contributed by atoms with Crippen LogP contribution in [0.5, 0.6) is 0 Å². The van der Waals surface area contributed by atoms with E-state index < -0.39 is 0 Å². The van der Waals surface area contributed by atoms with Crippen LogP contribution in [0, 0.1) is 17.8 Å². The number of ether oxygens (including phenoxy) is 2. The highest BCUT2D eigenvalue weighted by molar-refractivity contribution is 4.81. The molecule has 1 heterocycles. The van der Waals surface area contributed by atoms with E-state index >= 15 is 0 Å². The Balaban J connectivity index is 2.66. The number of rotatable bonds is 2. The van der Waals surface area contributed by atoms with Crippen molar-refractivity contribution in [1.29, 1.82) is 0 Å². The van der Waals surface area contributed by atoms with Crippen molar-refractivity contribution in [1.82, 2.24) is 0 Å². The van der Waals surface area contributed by atoms with Gasteiger partial charge in [-0.3, -0.25) is 0 Å². The number of methoxy groups -OCH3 is 1. The highest BCUT2D eigenvalue weighted by atomic mass is 16.7. The van der Waals surface area contributed by atoms with Gasteiger partial charge in [0.05, 0.1) is 6.10 Å². The van der Waals surface area contributed by atoms with Crippen molar-refractivity contribution in [3.63, 3.8) is 0 Å². The van der Waals surface area contributed by atoms with Gasteiger partial charge in [-0.25, -0.2) is 0 Å². The fourth-order valence-electron chi connectivity index (χ4n) is 2.22. The zero-order chi connectivity index (χ0) is 10.0. The third kappa shape index (κ3) is 2.05. The zero-order valence-corrected chi connectivity index (χ0v) is 9.41. The van der Waals surface area contributed by atoms with E-state index in [1.807, 2.05) is 0 Å². The second-order valence-corrected chi connectivity index (χ2v) is 4.26. The summed E-state index contributed by atoms with van der Waals surface area (Å²) in [4.78, 5) is 0. The summed E-state index contributed by atoms with van der Waals surface area (Å²) in [7, 11) is 1.73. The first-order chi connectivity index (χ1) is 6.11. The summed E-state index contributed by atoms with van der Waals surface area (Å²) in [5, 5.41) is 0. The van der Waals surface area contributed by atoms with Gasteiger partial charge in [0.25, 0.3) is 0 Å². The summed E-state index contributed by atoms with van der Waals surface area (Å²) in [6.45, 7) is 8.96. The molecular formula is C11H22O2. The van der Waals surface area contributed by atoms with Crippen molar-refractivity contribution in [2.24, 2.45) is 17.8 Å². The fourth-order valence-corrected chi connectivity index (χ4v) is 2.22. The van der Waals surface area contributed by atoms with Crippen LogP contribution in [0.1, 0.15) is 34.1 Å². The Kier molecular flexibility index (Phi) is 3.74. The summed E-state index contributed by atoms with van der Waals surface area (Å²) in [5.41, 5.74) is 0. The summed E-state index contributed by atoms with van der Waals surface area (Å²) in [5.74, 6) is 1.83. The molecule has 0 aromatic carbocycles. The van der Waals surface area contributed by atoms with Crippen molar-refractivity contribution >= 4 is 0 Å². The van der Waals surface area contributed by atoms with E-state index in [-0.39, 0.29) is 6.29 Å². The first kappa shape index (κ1) is 11.0.